The monoisotopic (exact) mass is 324 g/mol. The predicted molar refractivity (Wildman–Crippen MR) is 88.7 cm³/mol. The molecule has 0 amide bonds. The highest BCUT2D eigenvalue weighted by molar-refractivity contribution is 9.09. The maximum Gasteiger partial charge on any atom is 0.158 e. The molecule has 1 nitrogen and oxygen atoms in total. The molecule has 0 aromatic rings. The van der Waals surface area contributed by atoms with Crippen LogP contribution in [0.2, 0.25) is 0 Å². The number of hydrogen-bond acceptors (Lipinski definition) is 1. The number of rotatable bonds is 12. The number of ketones is 1. The molecular weight excluding hydrogens is 300 g/mol. The van der Waals surface area contributed by atoms with Gasteiger partial charge in [0.15, 0.2) is 5.78 Å². The maximum atomic E-state index is 10.9. The van der Waals surface area contributed by atoms with E-state index in [-0.39, 0.29) is 5.78 Å². The second-order valence-corrected chi connectivity index (χ2v) is 5.07. The van der Waals surface area contributed by atoms with Gasteiger partial charge in [-0.05, 0) is 44.6 Å². The Balaban J connectivity index is 3.37. The van der Waals surface area contributed by atoms with Crippen LogP contribution in [0.25, 0.3) is 0 Å². The summed E-state index contributed by atoms with van der Waals surface area (Å²) in [6, 6.07) is 0. The topological polar surface area (TPSA) is 17.1 Å². The van der Waals surface area contributed by atoms with Gasteiger partial charge in [-0.15, -0.1) is 0 Å². The first-order valence-corrected chi connectivity index (χ1v) is 8.09. The van der Waals surface area contributed by atoms with Crippen LogP contribution in [0.3, 0.4) is 0 Å². The smallest absolute Gasteiger partial charge is 0.158 e. The van der Waals surface area contributed by atoms with Gasteiger partial charge < -0.3 is 0 Å². The summed E-state index contributed by atoms with van der Waals surface area (Å²) >= 11 is 3.42. The molecule has 0 aromatic carbocycles. The van der Waals surface area contributed by atoms with Crippen LogP contribution in [-0.4, -0.2) is 11.1 Å². The largest absolute Gasteiger partial charge is 0.295 e. The molecule has 0 heterocycles. The normalized spacial score (nSPS) is 11.8. The van der Waals surface area contributed by atoms with Gasteiger partial charge in [0, 0.05) is 11.8 Å². The third-order valence-corrected chi connectivity index (χ3v) is 3.11. The molecule has 0 unspecified atom stereocenters. The summed E-state index contributed by atoms with van der Waals surface area (Å²) in [5, 5.41) is 1.09. The van der Waals surface area contributed by atoms with Crippen LogP contribution in [0.5, 0.6) is 0 Å². The first kappa shape index (κ1) is 18.1. The fraction of sp³-hybridized carbons (Fsp3) is 0.471. The second-order valence-electron chi connectivity index (χ2n) is 4.27. The molecule has 0 aliphatic rings. The molecule has 19 heavy (non-hydrogen) atoms. The van der Waals surface area contributed by atoms with Crippen molar-refractivity contribution in [1.29, 1.82) is 0 Å². The van der Waals surface area contributed by atoms with E-state index in [9.17, 15) is 4.79 Å². The van der Waals surface area contributed by atoms with Crippen LogP contribution in [0.4, 0.5) is 0 Å². The lowest BCUT2D eigenvalue weighted by Crippen LogP contribution is -1.86. The number of allylic oxidation sites excluding steroid dienone is 7. The molecule has 106 valence electrons. The van der Waals surface area contributed by atoms with Gasteiger partial charge in [0.2, 0.25) is 0 Å². The fourth-order valence-electron chi connectivity index (χ4n) is 1.45. The van der Waals surface area contributed by atoms with Crippen molar-refractivity contribution < 1.29 is 4.79 Å². The first-order valence-electron chi connectivity index (χ1n) is 6.97. The molecule has 0 spiro atoms. The summed E-state index contributed by atoms with van der Waals surface area (Å²) in [6.45, 7) is 3.44. The quantitative estimate of drug-likeness (QED) is 0.199. The molecule has 0 aliphatic heterocycles. The van der Waals surface area contributed by atoms with E-state index in [2.05, 4.69) is 52.9 Å². The second kappa shape index (κ2) is 15.2. The van der Waals surface area contributed by atoms with Gasteiger partial charge >= 0.3 is 0 Å². The molecule has 0 fully saturated rings. The number of halogens is 1. The molecule has 0 N–H and O–H groups in total. The van der Waals surface area contributed by atoms with Crippen molar-refractivity contribution in [3.63, 3.8) is 0 Å². The van der Waals surface area contributed by atoms with Crippen molar-refractivity contribution in [3.05, 3.63) is 49.1 Å². The van der Waals surface area contributed by atoms with Crippen LogP contribution >= 0.6 is 15.9 Å². The Kier molecular flexibility index (Phi) is 14.5. The minimum absolute atomic E-state index is 0.0819. The average molecular weight is 325 g/mol. The maximum absolute atomic E-state index is 10.9. The van der Waals surface area contributed by atoms with Crippen LogP contribution in [-0.2, 0) is 4.79 Å². The van der Waals surface area contributed by atoms with Gasteiger partial charge in [-0.25, -0.2) is 0 Å². The lowest BCUT2D eigenvalue weighted by Gasteiger charge is -1.90. The number of carbonyl (C=O) groups is 1. The van der Waals surface area contributed by atoms with Crippen molar-refractivity contribution in [2.24, 2.45) is 0 Å². The van der Waals surface area contributed by atoms with E-state index in [1.807, 2.05) is 6.08 Å². The number of carbonyl (C=O) groups excluding carboxylic acids is 1. The Hall–Kier alpha value is -0.890. The standard InChI is InChI=1S/C17H25BrO/c1-2-17(19)15-13-11-9-7-5-3-4-6-8-10-12-14-16-18/h2-3,5,8,10-11,13H,1,4,6-7,9,12,14-16H2/b5-3+,10-8+,13-11+. The summed E-state index contributed by atoms with van der Waals surface area (Å²) in [5.74, 6) is 0.0819. The van der Waals surface area contributed by atoms with Crippen molar-refractivity contribution in [3.8, 4) is 0 Å². The predicted octanol–water partition coefficient (Wildman–Crippen LogP) is 5.54. The van der Waals surface area contributed by atoms with Crippen molar-refractivity contribution in [2.75, 3.05) is 5.33 Å². The summed E-state index contributed by atoms with van der Waals surface area (Å²) in [6.07, 6.45) is 21.5. The van der Waals surface area contributed by atoms with E-state index in [1.54, 1.807) is 0 Å². The third-order valence-electron chi connectivity index (χ3n) is 2.55. The number of unbranched alkanes of at least 4 members (excludes halogenated alkanes) is 3. The lowest BCUT2D eigenvalue weighted by molar-refractivity contribution is -0.113. The molecule has 0 aliphatic carbocycles. The molecule has 0 atom stereocenters. The lowest BCUT2D eigenvalue weighted by atomic mass is 10.2. The van der Waals surface area contributed by atoms with Gasteiger partial charge in [0.05, 0.1) is 0 Å². The summed E-state index contributed by atoms with van der Waals surface area (Å²) in [7, 11) is 0. The molecular formula is C17H25BrO. The van der Waals surface area contributed by atoms with Crippen molar-refractivity contribution in [1.82, 2.24) is 0 Å². The van der Waals surface area contributed by atoms with E-state index >= 15 is 0 Å². The van der Waals surface area contributed by atoms with E-state index < -0.39 is 0 Å². The third kappa shape index (κ3) is 15.1. The first-order chi connectivity index (χ1) is 9.31. The van der Waals surface area contributed by atoms with Gasteiger partial charge in [-0.3, -0.25) is 4.79 Å². The van der Waals surface area contributed by atoms with Gasteiger partial charge in [-0.1, -0.05) is 59.0 Å². The van der Waals surface area contributed by atoms with E-state index in [0.717, 1.165) is 31.0 Å². The summed E-state index contributed by atoms with van der Waals surface area (Å²) < 4.78 is 0. The molecule has 0 bridgehead atoms. The van der Waals surface area contributed by atoms with Gasteiger partial charge in [0.1, 0.15) is 0 Å². The molecule has 0 aromatic heterocycles. The van der Waals surface area contributed by atoms with Crippen LogP contribution in [0, 0.1) is 0 Å². The molecule has 0 rings (SSSR count). The zero-order valence-corrected chi connectivity index (χ0v) is 13.3. The van der Waals surface area contributed by atoms with E-state index in [4.69, 9.17) is 0 Å². The summed E-state index contributed by atoms with van der Waals surface area (Å²) in [5.41, 5.74) is 0. The zero-order valence-electron chi connectivity index (χ0n) is 11.7. The van der Waals surface area contributed by atoms with Gasteiger partial charge in [0.25, 0.3) is 0 Å². The zero-order chi connectivity index (χ0) is 14.2. The van der Waals surface area contributed by atoms with Crippen LogP contribution in [0.15, 0.2) is 49.1 Å². The average Bonchev–Trinajstić information content (AvgIpc) is 2.43. The van der Waals surface area contributed by atoms with E-state index in [1.165, 1.54) is 18.9 Å². The highest BCUT2D eigenvalue weighted by atomic mass is 79.9. The molecule has 2 heteroatoms. The van der Waals surface area contributed by atoms with Gasteiger partial charge in [-0.2, -0.15) is 0 Å². The molecule has 0 saturated carbocycles. The Labute approximate surface area is 126 Å². The number of alkyl halides is 1. The molecule has 0 saturated heterocycles. The summed E-state index contributed by atoms with van der Waals surface area (Å²) in [4.78, 5) is 10.9. The minimum Gasteiger partial charge on any atom is -0.295 e. The fourth-order valence-corrected chi connectivity index (χ4v) is 1.78. The van der Waals surface area contributed by atoms with E-state index in [0.29, 0.717) is 6.42 Å². The minimum atomic E-state index is 0.0819. The Morgan fingerprint density at radius 1 is 0.842 bits per heavy atom. The SMILES string of the molecule is C=CC(=O)C/C=C/CC/C=C/CC/C=C/CCCBr. The Morgan fingerprint density at radius 2 is 1.32 bits per heavy atom. The van der Waals surface area contributed by atoms with Crippen LogP contribution < -0.4 is 0 Å². The molecule has 0 radical (unpaired) electrons. The Bertz CT molecular complexity index is 313. The Morgan fingerprint density at radius 3 is 1.79 bits per heavy atom. The number of hydrogen-bond donors (Lipinski definition) is 0. The highest BCUT2D eigenvalue weighted by Gasteiger charge is 1.87. The van der Waals surface area contributed by atoms with Crippen LogP contribution in [0.1, 0.15) is 44.9 Å². The highest BCUT2D eigenvalue weighted by Crippen LogP contribution is 2.00. The van der Waals surface area contributed by atoms with Crippen molar-refractivity contribution >= 4 is 21.7 Å². The van der Waals surface area contributed by atoms with Crippen molar-refractivity contribution in [2.45, 2.75) is 44.9 Å².